The summed E-state index contributed by atoms with van der Waals surface area (Å²) in [6.07, 6.45) is 4.67. The molecule has 0 spiro atoms. The van der Waals surface area contributed by atoms with Crippen molar-refractivity contribution in [3.8, 4) is 5.13 Å². The zero-order chi connectivity index (χ0) is 23.5. The molecule has 5 rings (SSSR count). The van der Waals surface area contributed by atoms with Crippen molar-refractivity contribution in [3.63, 3.8) is 0 Å². The molecule has 174 valence electrons. The van der Waals surface area contributed by atoms with E-state index < -0.39 is 0 Å². The summed E-state index contributed by atoms with van der Waals surface area (Å²) in [5.41, 5.74) is 5.76. The normalized spacial score (nSPS) is 17.7. The second kappa shape index (κ2) is 9.95. The first kappa shape index (κ1) is 22.6. The van der Waals surface area contributed by atoms with Crippen molar-refractivity contribution >= 4 is 34.4 Å². The number of nitrogens with zero attached hydrogens (tertiary/aromatic N) is 4. The molecule has 4 aromatic rings. The molecule has 1 aromatic carbocycles. The van der Waals surface area contributed by atoms with Gasteiger partial charge in [-0.3, -0.25) is 9.55 Å². The zero-order valence-corrected chi connectivity index (χ0v) is 20.9. The first-order valence-corrected chi connectivity index (χ1v) is 12.8. The van der Waals surface area contributed by atoms with E-state index in [1.165, 1.54) is 17.0 Å². The second-order valence-electron chi connectivity index (χ2n) is 8.44. The molecule has 0 saturated carbocycles. The SMILES string of the molecule is Cc1cc([C@@H]2[C@@H](c3ccccn3)NC(=S)N2CCCNc2ccccc2)c(C)n1-c1nccs1. The average Bonchev–Trinajstić information content (AvgIpc) is 3.56. The molecule has 2 N–H and O–H groups in total. The third kappa shape index (κ3) is 4.43. The topological polar surface area (TPSA) is 58.0 Å². The largest absolute Gasteiger partial charge is 0.385 e. The number of para-hydroxylation sites is 1. The predicted octanol–water partition coefficient (Wildman–Crippen LogP) is 5.42. The Hall–Kier alpha value is -3.23. The van der Waals surface area contributed by atoms with Crippen LogP contribution in [0.25, 0.3) is 5.13 Å². The van der Waals surface area contributed by atoms with Crippen molar-refractivity contribution in [2.45, 2.75) is 32.4 Å². The van der Waals surface area contributed by atoms with Gasteiger partial charge in [0.05, 0.1) is 17.8 Å². The number of benzene rings is 1. The maximum absolute atomic E-state index is 5.85. The molecule has 1 aliphatic rings. The fourth-order valence-corrected chi connectivity index (χ4v) is 5.81. The predicted molar refractivity (Wildman–Crippen MR) is 143 cm³/mol. The number of thiazole rings is 1. The van der Waals surface area contributed by atoms with E-state index in [1.54, 1.807) is 11.3 Å². The minimum absolute atomic E-state index is 0.0129. The lowest BCUT2D eigenvalue weighted by Gasteiger charge is -2.28. The van der Waals surface area contributed by atoms with E-state index in [0.717, 1.165) is 41.1 Å². The van der Waals surface area contributed by atoms with Gasteiger partial charge in [0, 0.05) is 47.9 Å². The molecule has 0 radical (unpaired) electrons. The lowest BCUT2D eigenvalue weighted by molar-refractivity contribution is 0.315. The van der Waals surface area contributed by atoms with Crippen molar-refractivity contribution < 1.29 is 0 Å². The van der Waals surface area contributed by atoms with Gasteiger partial charge in [0.25, 0.3) is 0 Å². The fraction of sp³-hybridized carbons (Fsp3) is 0.269. The van der Waals surface area contributed by atoms with E-state index in [2.05, 4.69) is 68.2 Å². The van der Waals surface area contributed by atoms with Crippen LogP contribution in [-0.4, -0.2) is 37.6 Å². The quantitative estimate of drug-likeness (QED) is 0.255. The molecule has 3 aromatic heterocycles. The van der Waals surface area contributed by atoms with E-state index in [9.17, 15) is 0 Å². The maximum Gasteiger partial charge on any atom is 0.193 e. The highest BCUT2D eigenvalue weighted by atomic mass is 32.1. The number of aryl methyl sites for hydroxylation is 1. The number of anilines is 1. The number of hydrogen-bond donors (Lipinski definition) is 2. The summed E-state index contributed by atoms with van der Waals surface area (Å²) >= 11 is 7.50. The molecule has 1 saturated heterocycles. The minimum Gasteiger partial charge on any atom is -0.385 e. The smallest absolute Gasteiger partial charge is 0.193 e. The highest BCUT2D eigenvalue weighted by Crippen LogP contribution is 2.41. The summed E-state index contributed by atoms with van der Waals surface area (Å²) in [6, 6.07) is 18.7. The number of hydrogen-bond acceptors (Lipinski definition) is 5. The summed E-state index contributed by atoms with van der Waals surface area (Å²) in [4.78, 5) is 11.6. The maximum atomic E-state index is 5.85. The first-order chi connectivity index (χ1) is 16.6. The molecule has 1 aliphatic heterocycles. The molecule has 0 unspecified atom stereocenters. The van der Waals surface area contributed by atoms with Crippen LogP contribution in [0.1, 0.15) is 41.1 Å². The molecule has 6 nitrogen and oxygen atoms in total. The van der Waals surface area contributed by atoms with E-state index in [1.807, 2.05) is 48.1 Å². The number of rotatable bonds is 8. The number of pyridine rings is 1. The van der Waals surface area contributed by atoms with Crippen LogP contribution in [0.4, 0.5) is 5.69 Å². The van der Waals surface area contributed by atoms with Gasteiger partial charge in [0.15, 0.2) is 10.2 Å². The molecule has 2 atom stereocenters. The first-order valence-electron chi connectivity index (χ1n) is 11.5. The summed E-state index contributed by atoms with van der Waals surface area (Å²) in [6.45, 7) is 6.04. The Kier molecular flexibility index (Phi) is 6.60. The minimum atomic E-state index is -0.0129. The van der Waals surface area contributed by atoms with Crippen LogP contribution in [0, 0.1) is 13.8 Å². The second-order valence-corrected chi connectivity index (χ2v) is 9.70. The van der Waals surface area contributed by atoms with Gasteiger partial charge < -0.3 is 15.5 Å². The summed E-state index contributed by atoms with van der Waals surface area (Å²) < 4.78 is 2.24. The van der Waals surface area contributed by atoms with Crippen molar-refractivity contribution in [3.05, 3.63) is 95.0 Å². The van der Waals surface area contributed by atoms with E-state index in [-0.39, 0.29) is 12.1 Å². The Morgan fingerprint density at radius 3 is 2.62 bits per heavy atom. The third-order valence-corrected chi connectivity index (χ3v) is 7.38. The van der Waals surface area contributed by atoms with Crippen LogP contribution < -0.4 is 10.6 Å². The Balaban J connectivity index is 1.43. The van der Waals surface area contributed by atoms with Gasteiger partial charge in [-0.1, -0.05) is 24.3 Å². The van der Waals surface area contributed by atoms with Crippen LogP contribution in [0.15, 0.2) is 72.4 Å². The Morgan fingerprint density at radius 2 is 1.88 bits per heavy atom. The molecule has 0 bridgehead atoms. The Labute approximate surface area is 209 Å². The van der Waals surface area contributed by atoms with Gasteiger partial charge in [0.2, 0.25) is 0 Å². The van der Waals surface area contributed by atoms with Crippen LogP contribution in [0.5, 0.6) is 0 Å². The lowest BCUT2D eigenvalue weighted by Crippen LogP contribution is -2.31. The number of thiocarbonyl (C=S) groups is 1. The van der Waals surface area contributed by atoms with Crippen LogP contribution in [-0.2, 0) is 0 Å². The van der Waals surface area contributed by atoms with Crippen molar-refractivity contribution in [2.75, 3.05) is 18.4 Å². The van der Waals surface area contributed by atoms with Crippen LogP contribution in [0.3, 0.4) is 0 Å². The molecule has 0 aliphatic carbocycles. The lowest BCUT2D eigenvalue weighted by atomic mass is 9.96. The monoisotopic (exact) mass is 488 g/mol. The molecule has 0 amide bonds. The molecule has 34 heavy (non-hydrogen) atoms. The molecule has 1 fully saturated rings. The standard InChI is InChI=1S/C26H28N6S2/c1-18-17-21(19(2)32(18)26-29-14-16-34-26)24-23(22-11-6-7-12-28-22)30-25(33)31(24)15-8-13-27-20-9-4-3-5-10-20/h3-7,9-12,14,16-17,23-24,27H,8,13,15H2,1-2H3,(H,30,33)/t23-,24-/m1/s1. The van der Waals surface area contributed by atoms with Gasteiger partial charge >= 0.3 is 0 Å². The van der Waals surface area contributed by atoms with E-state index in [4.69, 9.17) is 12.2 Å². The van der Waals surface area contributed by atoms with Crippen molar-refractivity contribution in [1.29, 1.82) is 0 Å². The van der Waals surface area contributed by atoms with Gasteiger partial charge in [-0.05, 0) is 68.4 Å². The Bertz CT molecular complexity index is 1240. The summed E-state index contributed by atoms with van der Waals surface area (Å²) in [5.74, 6) is 0. The molecule has 8 heteroatoms. The highest BCUT2D eigenvalue weighted by Gasteiger charge is 2.41. The van der Waals surface area contributed by atoms with Gasteiger partial charge in [-0.25, -0.2) is 4.98 Å². The molecule has 4 heterocycles. The van der Waals surface area contributed by atoms with Crippen LogP contribution >= 0.6 is 23.6 Å². The van der Waals surface area contributed by atoms with Crippen molar-refractivity contribution in [2.24, 2.45) is 0 Å². The van der Waals surface area contributed by atoms with Gasteiger partial charge in [0.1, 0.15) is 0 Å². The average molecular weight is 489 g/mol. The van der Waals surface area contributed by atoms with Crippen molar-refractivity contribution in [1.82, 2.24) is 24.8 Å². The van der Waals surface area contributed by atoms with Crippen LogP contribution in [0.2, 0.25) is 0 Å². The summed E-state index contributed by atoms with van der Waals surface area (Å²) in [7, 11) is 0. The zero-order valence-electron chi connectivity index (χ0n) is 19.3. The third-order valence-electron chi connectivity index (χ3n) is 6.28. The van der Waals surface area contributed by atoms with Gasteiger partial charge in [-0.15, -0.1) is 11.3 Å². The molecular weight excluding hydrogens is 460 g/mol. The number of aromatic nitrogens is 3. The number of nitrogens with one attached hydrogen (secondary N) is 2. The van der Waals surface area contributed by atoms with Gasteiger partial charge in [-0.2, -0.15) is 0 Å². The van der Waals surface area contributed by atoms with E-state index >= 15 is 0 Å². The van der Waals surface area contributed by atoms with E-state index in [0.29, 0.717) is 0 Å². The Morgan fingerprint density at radius 1 is 1.06 bits per heavy atom. The summed E-state index contributed by atoms with van der Waals surface area (Å²) in [5, 5.41) is 10.9. The fourth-order valence-electron chi connectivity index (χ4n) is 4.73. The highest BCUT2D eigenvalue weighted by molar-refractivity contribution is 7.80. The molecular formula is C26H28N6S2.